The molecule has 0 saturated carbocycles. The van der Waals surface area contributed by atoms with Gasteiger partial charge in [0.05, 0.1) is 7.11 Å². The molecule has 0 radical (unpaired) electrons. The normalized spacial score (nSPS) is 16.9. The van der Waals surface area contributed by atoms with Gasteiger partial charge >= 0.3 is 6.11 Å². The maximum absolute atomic E-state index is 14.3. The first-order chi connectivity index (χ1) is 12.6. The van der Waals surface area contributed by atoms with E-state index in [0.29, 0.717) is 11.3 Å². The molecule has 0 N–H and O–H groups in total. The quantitative estimate of drug-likeness (QED) is 0.674. The highest BCUT2D eigenvalue weighted by molar-refractivity contribution is 5.36. The maximum Gasteiger partial charge on any atom is 0.468 e. The third kappa shape index (κ3) is 4.64. The fourth-order valence-electron chi connectivity index (χ4n) is 2.99. The monoisotopic (exact) mass is 354 g/mol. The van der Waals surface area contributed by atoms with Crippen LogP contribution in [-0.4, -0.2) is 13.2 Å². The lowest BCUT2D eigenvalue weighted by molar-refractivity contribution is -0.168. The lowest BCUT2D eigenvalue weighted by Crippen LogP contribution is -2.22. The van der Waals surface area contributed by atoms with Crippen molar-refractivity contribution in [3.8, 4) is 17.6 Å². The molecule has 0 bridgehead atoms. The van der Waals surface area contributed by atoms with Crippen LogP contribution < -0.4 is 4.74 Å². The average molecular weight is 354 g/mol. The van der Waals surface area contributed by atoms with Gasteiger partial charge in [0, 0.05) is 17.4 Å². The molecular formula is C22H20F2O2. The number of ether oxygens (including phenoxy) is 2. The Kier molecular flexibility index (Phi) is 5.58. The van der Waals surface area contributed by atoms with Crippen LogP contribution in [0, 0.1) is 11.8 Å². The molecule has 0 aromatic heterocycles. The number of alkyl halides is 2. The number of hydrogen-bond donors (Lipinski definition) is 0. The molecule has 134 valence electrons. The predicted molar refractivity (Wildman–Crippen MR) is 97.0 cm³/mol. The highest BCUT2D eigenvalue weighted by Crippen LogP contribution is 2.38. The summed E-state index contributed by atoms with van der Waals surface area (Å²) < 4.78 is 38.8. The number of methoxy groups -OCH3 is 1. The highest BCUT2D eigenvalue weighted by atomic mass is 19.3. The Bertz CT molecular complexity index is 832. The second-order valence-electron chi connectivity index (χ2n) is 6.10. The van der Waals surface area contributed by atoms with Crippen molar-refractivity contribution in [2.45, 2.75) is 31.3 Å². The van der Waals surface area contributed by atoms with Crippen LogP contribution in [-0.2, 0) is 4.74 Å². The molecular weight excluding hydrogens is 334 g/mol. The van der Waals surface area contributed by atoms with Crippen molar-refractivity contribution in [1.82, 2.24) is 0 Å². The number of rotatable bonds is 4. The largest absolute Gasteiger partial charge is 0.497 e. The van der Waals surface area contributed by atoms with Gasteiger partial charge in [0.1, 0.15) is 11.5 Å². The van der Waals surface area contributed by atoms with Gasteiger partial charge in [-0.3, -0.25) is 0 Å². The van der Waals surface area contributed by atoms with Crippen LogP contribution in [0.2, 0.25) is 0 Å². The van der Waals surface area contributed by atoms with Crippen LogP contribution in [0.5, 0.6) is 5.75 Å². The molecule has 3 rings (SSSR count). The van der Waals surface area contributed by atoms with Crippen molar-refractivity contribution >= 4 is 0 Å². The molecule has 0 aliphatic heterocycles. The van der Waals surface area contributed by atoms with E-state index in [1.165, 1.54) is 0 Å². The van der Waals surface area contributed by atoms with E-state index in [9.17, 15) is 8.78 Å². The number of halogens is 2. The molecule has 2 nitrogen and oxygen atoms in total. The first-order valence-electron chi connectivity index (χ1n) is 8.56. The number of hydrogen-bond acceptors (Lipinski definition) is 2. The van der Waals surface area contributed by atoms with E-state index in [1.807, 2.05) is 36.3 Å². The highest BCUT2D eigenvalue weighted by Gasteiger charge is 2.34. The van der Waals surface area contributed by atoms with Gasteiger partial charge in [-0.1, -0.05) is 36.3 Å². The van der Waals surface area contributed by atoms with Gasteiger partial charge in [-0.25, -0.2) is 0 Å². The summed E-state index contributed by atoms with van der Waals surface area (Å²) in [5.74, 6) is 5.17. The van der Waals surface area contributed by atoms with Crippen LogP contribution >= 0.6 is 0 Å². The van der Waals surface area contributed by atoms with Gasteiger partial charge < -0.3 is 9.47 Å². The van der Waals surface area contributed by atoms with Crippen molar-refractivity contribution in [2.24, 2.45) is 0 Å². The van der Waals surface area contributed by atoms with Crippen molar-refractivity contribution < 1.29 is 18.3 Å². The van der Waals surface area contributed by atoms with Crippen LogP contribution in [0.1, 0.15) is 36.3 Å². The molecule has 0 saturated heterocycles. The Morgan fingerprint density at radius 1 is 1.08 bits per heavy atom. The molecule has 26 heavy (non-hydrogen) atoms. The molecule has 1 aliphatic carbocycles. The molecule has 0 spiro atoms. The zero-order valence-electron chi connectivity index (χ0n) is 14.5. The lowest BCUT2D eigenvalue weighted by Gasteiger charge is -2.26. The number of benzene rings is 2. The minimum Gasteiger partial charge on any atom is -0.497 e. The molecule has 4 heteroatoms. The van der Waals surface area contributed by atoms with Gasteiger partial charge in [-0.05, 0) is 55.2 Å². The summed E-state index contributed by atoms with van der Waals surface area (Å²) in [5.41, 5.74) is 1.43. The summed E-state index contributed by atoms with van der Waals surface area (Å²) in [6, 6.07) is 16.1. The second kappa shape index (κ2) is 8.05. The Morgan fingerprint density at radius 3 is 2.65 bits per heavy atom. The smallest absolute Gasteiger partial charge is 0.468 e. The van der Waals surface area contributed by atoms with Gasteiger partial charge in [-0.2, -0.15) is 8.78 Å². The molecule has 2 aromatic rings. The van der Waals surface area contributed by atoms with Crippen molar-refractivity contribution in [3.05, 3.63) is 77.6 Å². The predicted octanol–water partition coefficient (Wildman–Crippen LogP) is 5.51. The summed E-state index contributed by atoms with van der Waals surface area (Å²) in [6.45, 7) is 0. The van der Waals surface area contributed by atoms with E-state index in [-0.39, 0.29) is 11.7 Å². The second-order valence-corrected chi connectivity index (χ2v) is 6.10. The zero-order valence-corrected chi connectivity index (χ0v) is 14.5. The van der Waals surface area contributed by atoms with Crippen molar-refractivity contribution in [3.63, 3.8) is 0 Å². The Morgan fingerprint density at radius 2 is 1.88 bits per heavy atom. The molecule has 1 atom stereocenters. The van der Waals surface area contributed by atoms with Gasteiger partial charge in [-0.15, -0.1) is 0 Å². The summed E-state index contributed by atoms with van der Waals surface area (Å²) >= 11 is 0. The van der Waals surface area contributed by atoms with Crippen LogP contribution in [0.4, 0.5) is 8.78 Å². The van der Waals surface area contributed by atoms with Gasteiger partial charge in [0.2, 0.25) is 0 Å². The summed E-state index contributed by atoms with van der Waals surface area (Å²) in [6.07, 6.45) is 0.594. The topological polar surface area (TPSA) is 18.5 Å². The zero-order chi connectivity index (χ0) is 18.4. The minimum absolute atomic E-state index is 0.219. The van der Waals surface area contributed by atoms with Gasteiger partial charge in [0.25, 0.3) is 0 Å². The third-order valence-electron chi connectivity index (χ3n) is 4.25. The Hall–Kier alpha value is -2.80. The molecule has 2 aromatic carbocycles. The molecule has 1 unspecified atom stereocenters. The summed E-state index contributed by atoms with van der Waals surface area (Å²) in [5, 5.41) is 0. The van der Waals surface area contributed by atoms with Gasteiger partial charge in [0.15, 0.2) is 0 Å². The fourth-order valence-corrected chi connectivity index (χ4v) is 2.99. The molecule has 0 amide bonds. The van der Waals surface area contributed by atoms with E-state index < -0.39 is 6.11 Å². The minimum atomic E-state index is -3.55. The summed E-state index contributed by atoms with van der Waals surface area (Å²) in [4.78, 5) is 0. The first kappa shape index (κ1) is 18.0. The van der Waals surface area contributed by atoms with E-state index in [1.54, 1.807) is 37.5 Å². The van der Waals surface area contributed by atoms with E-state index in [0.717, 1.165) is 24.8 Å². The average Bonchev–Trinajstić information content (AvgIpc) is 2.67. The molecule has 0 heterocycles. The molecule has 0 fully saturated rings. The third-order valence-corrected chi connectivity index (χ3v) is 4.25. The Balaban J connectivity index is 1.80. The number of allylic oxidation sites excluding steroid dienone is 2. The van der Waals surface area contributed by atoms with Crippen LogP contribution in [0.25, 0.3) is 0 Å². The van der Waals surface area contributed by atoms with Crippen molar-refractivity contribution in [1.29, 1.82) is 0 Å². The van der Waals surface area contributed by atoms with Crippen LogP contribution in [0.3, 0.4) is 0 Å². The fraction of sp³-hybridized carbons (Fsp3) is 0.273. The maximum atomic E-state index is 14.3. The first-order valence-corrected chi connectivity index (χ1v) is 8.56. The Labute approximate surface area is 152 Å². The van der Waals surface area contributed by atoms with Crippen molar-refractivity contribution in [2.75, 3.05) is 7.11 Å². The standard InChI is InChI=1S/C22H20F2O2/c1-25-19-11-7-10-18(16-19)20-12-5-6-13-21(20)26-22(23,24)15-14-17-8-3-2-4-9-17/h2-4,7-11,13,16,20H,5-6,12H2,1H3. The van der Waals surface area contributed by atoms with Crippen LogP contribution in [0.15, 0.2) is 66.4 Å². The molecule has 1 aliphatic rings. The van der Waals surface area contributed by atoms with E-state index >= 15 is 0 Å². The SMILES string of the molecule is COc1cccc(C2CCCC=C2OC(F)(F)C#Cc2ccccc2)c1. The summed E-state index contributed by atoms with van der Waals surface area (Å²) in [7, 11) is 1.58. The van der Waals surface area contributed by atoms with E-state index in [2.05, 4.69) is 5.92 Å². The lowest BCUT2D eigenvalue weighted by atomic mass is 9.87. The van der Waals surface area contributed by atoms with E-state index in [4.69, 9.17) is 9.47 Å².